The summed E-state index contributed by atoms with van der Waals surface area (Å²) in [4.78, 5) is 26.6. The molecule has 0 bridgehead atoms. The summed E-state index contributed by atoms with van der Waals surface area (Å²) in [7, 11) is -1.99. The zero-order chi connectivity index (χ0) is 20.3. The molecule has 1 saturated heterocycles. The Balaban J connectivity index is 1.61. The number of amides is 2. The van der Waals surface area contributed by atoms with Crippen LogP contribution in [0.1, 0.15) is 23.6 Å². The second kappa shape index (κ2) is 8.12. The molecule has 28 heavy (non-hydrogen) atoms. The zero-order valence-electron chi connectivity index (χ0n) is 15.5. The normalized spacial score (nSPS) is 19.6. The van der Waals surface area contributed by atoms with Gasteiger partial charge in [-0.3, -0.25) is 9.59 Å². The minimum atomic E-state index is -3.71. The van der Waals surface area contributed by atoms with Crippen LogP contribution >= 0.6 is 0 Å². The van der Waals surface area contributed by atoms with E-state index in [-0.39, 0.29) is 29.2 Å². The van der Waals surface area contributed by atoms with Gasteiger partial charge >= 0.3 is 0 Å². The van der Waals surface area contributed by atoms with Crippen molar-refractivity contribution in [1.82, 2.24) is 10.2 Å². The molecule has 148 valence electrons. The van der Waals surface area contributed by atoms with Crippen molar-refractivity contribution in [2.45, 2.75) is 23.8 Å². The lowest BCUT2D eigenvalue weighted by Crippen LogP contribution is -2.35. The Hall–Kier alpha value is -2.71. The Kier molecular flexibility index (Phi) is 5.81. The van der Waals surface area contributed by atoms with E-state index in [0.29, 0.717) is 13.0 Å². The maximum atomic E-state index is 12.7. The van der Waals surface area contributed by atoms with Gasteiger partial charge in [-0.05, 0) is 29.7 Å². The molecule has 0 radical (unpaired) electrons. The number of primary sulfonamides is 1. The number of hydrogen-bond acceptors (Lipinski definition) is 4. The molecule has 2 atom stereocenters. The second-order valence-corrected chi connectivity index (χ2v) is 8.46. The van der Waals surface area contributed by atoms with Crippen LogP contribution in [0.25, 0.3) is 0 Å². The molecule has 1 heterocycles. The van der Waals surface area contributed by atoms with Crippen molar-refractivity contribution < 1.29 is 18.0 Å². The maximum absolute atomic E-state index is 12.7. The van der Waals surface area contributed by atoms with Gasteiger partial charge in [0.15, 0.2) is 0 Å². The Morgan fingerprint density at radius 3 is 2.39 bits per heavy atom. The highest BCUT2D eigenvalue weighted by Crippen LogP contribution is 2.36. The van der Waals surface area contributed by atoms with Crippen molar-refractivity contribution in [3.8, 4) is 0 Å². The fourth-order valence-electron chi connectivity index (χ4n) is 3.52. The Morgan fingerprint density at radius 1 is 1.14 bits per heavy atom. The molecule has 0 spiro atoms. The Bertz CT molecular complexity index is 959. The molecule has 3 N–H and O–H groups in total. The molecule has 3 rings (SSSR count). The fraction of sp³-hybridized carbons (Fsp3) is 0.300. The average molecular weight is 401 g/mol. The van der Waals surface area contributed by atoms with Gasteiger partial charge in [-0.2, -0.15) is 0 Å². The number of sulfonamides is 1. The highest BCUT2D eigenvalue weighted by atomic mass is 32.2. The first-order valence-electron chi connectivity index (χ1n) is 8.97. The number of carbonyl (C=O) groups is 2. The standard InChI is InChI=1S/C20H23N3O4S/c1-23-18(24)13-17(19(23)15-5-3-2-4-6-15)20(25)22-12-11-14-7-9-16(10-8-14)28(21,26)27/h2-10,17,19H,11-13H2,1H3,(H,22,25)(H2,21,26,27). The molecule has 2 amide bonds. The fourth-order valence-corrected chi connectivity index (χ4v) is 4.03. The highest BCUT2D eigenvalue weighted by Gasteiger charge is 2.42. The largest absolute Gasteiger partial charge is 0.355 e. The predicted molar refractivity (Wildman–Crippen MR) is 105 cm³/mol. The van der Waals surface area contributed by atoms with E-state index in [1.165, 1.54) is 12.1 Å². The Morgan fingerprint density at radius 2 is 1.79 bits per heavy atom. The summed E-state index contributed by atoms with van der Waals surface area (Å²) in [6.07, 6.45) is 0.730. The number of nitrogens with two attached hydrogens (primary N) is 1. The summed E-state index contributed by atoms with van der Waals surface area (Å²) in [5.41, 5.74) is 1.82. The molecule has 8 heteroatoms. The van der Waals surface area contributed by atoms with Crippen LogP contribution in [0.5, 0.6) is 0 Å². The van der Waals surface area contributed by atoms with Gasteiger partial charge in [-0.25, -0.2) is 13.6 Å². The van der Waals surface area contributed by atoms with Gasteiger partial charge < -0.3 is 10.2 Å². The van der Waals surface area contributed by atoms with E-state index in [1.54, 1.807) is 24.1 Å². The van der Waals surface area contributed by atoms with E-state index in [2.05, 4.69) is 5.32 Å². The molecule has 2 aromatic carbocycles. The number of likely N-dealkylation sites (tertiary alicyclic amines) is 1. The summed E-state index contributed by atoms with van der Waals surface area (Å²) in [6.45, 7) is 0.392. The van der Waals surface area contributed by atoms with E-state index < -0.39 is 15.9 Å². The molecule has 0 saturated carbocycles. The van der Waals surface area contributed by atoms with Crippen molar-refractivity contribution >= 4 is 21.8 Å². The first kappa shape index (κ1) is 20.0. The maximum Gasteiger partial charge on any atom is 0.238 e. The summed E-state index contributed by atoms with van der Waals surface area (Å²) >= 11 is 0. The van der Waals surface area contributed by atoms with Crippen LogP contribution in [0.3, 0.4) is 0 Å². The van der Waals surface area contributed by atoms with Crippen molar-refractivity contribution in [2.24, 2.45) is 11.1 Å². The minimum absolute atomic E-state index is 0.0485. The predicted octanol–water partition coefficient (Wildman–Crippen LogP) is 1.21. The van der Waals surface area contributed by atoms with Crippen molar-refractivity contribution in [1.29, 1.82) is 0 Å². The lowest BCUT2D eigenvalue weighted by Gasteiger charge is -2.25. The van der Waals surface area contributed by atoms with Crippen LogP contribution in [0.15, 0.2) is 59.5 Å². The van der Waals surface area contributed by atoms with Gasteiger partial charge in [0.1, 0.15) is 0 Å². The van der Waals surface area contributed by atoms with E-state index in [9.17, 15) is 18.0 Å². The third-order valence-electron chi connectivity index (χ3n) is 5.03. The van der Waals surface area contributed by atoms with Crippen LogP contribution in [0.4, 0.5) is 0 Å². The van der Waals surface area contributed by atoms with Crippen LogP contribution < -0.4 is 10.5 Å². The highest BCUT2D eigenvalue weighted by molar-refractivity contribution is 7.89. The van der Waals surface area contributed by atoms with Crippen LogP contribution in [-0.2, 0) is 26.0 Å². The average Bonchev–Trinajstić information content (AvgIpc) is 2.97. The number of nitrogens with one attached hydrogen (secondary N) is 1. The summed E-state index contributed by atoms with van der Waals surface area (Å²) in [6, 6.07) is 15.5. The quantitative estimate of drug-likeness (QED) is 0.758. The number of hydrogen-bond donors (Lipinski definition) is 2. The van der Waals surface area contributed by atoms with Gasteiger partial charge in [0.05, 0.1) is 16.9 Å². The summed E-state index contributed by atoms with van der Waals surface area (Å²) < 4.78 is 22.6. The molecule has 7 nitrogen and oxygen atoms in total. The van der Waals surface area contributed by atoms with E-state index >= 15 is 0 Å². The van der Waals surface area contributed by atoms with Gasteiger partial charge in [0, 0.05) is 20.0 Å². The lowest BCUT2D eigenvalue weighted by atomic mass is 9.93. The minimum Gasteiger partial charge on any atom is -0.355 e. The molecular weight excluding hydrogens is 378 g/mol. The van der Waals surface area contributed by atoms with Crippen molar-refractivity contribution in [3.63, 3.8) is 0 Å². The van der Waals surface area contributed by atoms with E-state index in [4.69, 9.17) is 5.14 Å². The second-order valence-electron chi connectivity index (χ2n) is 6.90. The number of rotatable bonds is 6. The van der Waals surface area contributed by atoms with Gasteiger partial charge in [0.2, 0.25) is 21.8 Å². The van der Waals surface area contributed by atoms with Crippen molar-refractivity contribution in [2.75, 3.05) is 13.6 Å². The van der Waals surface area contributed by atoms with Gasteiger partial charge in [-0.1, -0.05) is 42.5 Å². The molecule has 1 fully saturated rings. The van der Waals surface area contributed by atoms with Crippen LogP contribution in [-0.4, -0.2) is 38.7 Å². The zero-order valence-corrected chi connectivity index (χ0v) is 16.4. The molecule has 1 aliphatic rings. The third-order valence-corrected chi connectivity index (χ3v) is 5.96. The molecule has 0 aromatic heterocycles. The molecular formula is C20H23N3O4S. The monoisotopic (exact) mass is 401 g/mol. The SMILES string of the molecule is CN1C(=O)CC(C(=O)NCCc2ccc(S(N)(=O)=O)cc2)C1c1ccccc1. The number of carbonyl (C=O) groups excluding carboxylic acids is 2. The Labute approximate surface area is 164 Å². The first-order valence-corrected chi connectivity index (χ1v) is 10.5. The third kappa shape index (κ3) is 4.40. The van der Waals surface area contributed by atoms with Crippen molar-refractivity contribution in [3.05, 3.63) is 65.7 Å². The van der Waals surface area contributed by atoms with Crippen LogP contribution in [0, 0.1) is 5.92 Å². The summed E-state index contributed by atoms with van der Waals surface area (Å²) in [5, 5.41) is 7.98. The van der Waals surface area contributed by atoms with E-state index in [1.807, 2.05) is 30.3 Å². The van der Waals surface area contributed by atoms with Gasteiger partial charge in [0.25, 0.3) is 0 Å². The number of nitrogens with zero attached hydrogens (tertiary/aromatic N) is 1. The molecule has 0 aliphatic carbocycles. The topological polar surface area (TPSA) is 110 Å². The molecule has 2 unspecified atom stereocenters. The lowest BCUT2D eigenvalue weighted by molar-refractivity contribution is -0.128. The van der Waals surface area contributed by atoms with Gasteiger partial charge in [-0.15, -0.1) is 0 Å². The smallest absolute Gasteiger partial charge is 0.238 e. The summed E-state index contributed by atoms with van der Waals surface area (Å²) in [5.74, 6) is -0.648. The molecule has 1 aliphatic heterocycles. The van der Waals surface area contributed by atoms with Crippen LogP contribution in [0.2, 0.25) is 0 Å². The first-order chi connectivity index (χ1) is 13.3. The number of benzene rings is 2. The van der Waals surface area contributed by atoms with E-state index in [0.717, 1.165) is 11.1 Å². The molecule has 2 aromatic rings.